The van der Waals surface area contributed by atoms with Crippen molar-refractivity contribution in [2.45, 2.75) is 72.1 Å². The van der Waals surface area contributed by atoms with E-state index in [9.17, 15) is 14.7 Å². The summed E-state index contributed by atoms with van der Waals surface area (Å²) in [6, 6.07) is 20.0. The van der Waals surface area contributed by atoms with Crippen LogP contribution in [0, 0.1) is 17.3 Å². The number of carboxylic acid groups (broad SMARTS) is 1. The van der Waals surface area contributed by atoms with Crippen LogP contribution >= 0.6 is 0 Å². The summed E-state index contributed by atoms with van der Waals surface area (Å²) in [6.07, 6.45) is 6.97. The maximum atomic E-state index is 14.2. The van der Waals surface area contributed by atoms with Crippen LogP contribution in [-0.4, -0.2) is 48.2 Å². The molecule has 1 saturated carbocycles. The summed E-state index contributed by atoms with van der Waals surface area (Å²) >= 11 is 0. The molecule has 1 atom stereocenters. The van der Waals surface area contributed by atoms with E-state index in [1.54, 1.807) is 6.20 Å². The van der Waals surface area contributed by atoms with Crippen LogP contribution in [0.2, 0.25) is 0 Å². The van der Waals surface area contributed by atoms with Crippen LogP contribution in [-0.2, 0) is 11.2 Å². The van der Waals surface area contributed by atoms with Gasteiger partial charge in [0.2, 0.25) is 0 Å². The van der Waals surface area contributed by atoms with Crippen molar-refractivity contribution in [2.24, 2.45) is 17.3 Å². The molecule has 5 rings (SSSR count). The average Bonchev–Trinajstić information content (AvgIpc) is 3.87. The van der Waals surface area contributed by atoms with Gasteiger partial charge >= 0.3 is 5.97 Å². The number of carbonyl (C=O) groups excluding carboxylic acids is 1. The Bertz CT molecular complexity index is 1420. The third kappa shape index (κ3) is 8.19. The molecule has 7 nitrogen and oxygen atoms in total. The lowest BCUT2D eigenvalue weighted by atomic mass is 9.91. The van der Waals surface area contributed by atoms with Crippen LogP contribution < -0.4 is 14.5 Å². The van der Waals surface area contributed by atoms with E-state index in [2.05, 4.69) is 49.7 Å². The Labute approximate surface area is 262 Å². The van der Waals surface area contributed by atoms with Gasteiger partial charge in [0, 0.05) is 31.5 Å². The van der Waals surface area contributed by atoms with Crippen LogP contribution in [0.3, 0.4) is 0 Å². The third-order valence-electron chi connectivity index (χ3n) is 8.82. The third-order valence-corrected chi connectivity index (χ3v) is 8.82. The number of benzene rings is 2. The quantitative estimate of drug-likeness (QED) is 0.232. The second-order valence-electron chi connectivity index (χ2n) is 13.7. The van der Waals surface area contributed by atoms with Gasteiger partial charge in [0.1, 0.15) is 11.6 Å². The summed E-state index contributed by atoms with van der Waals surface area (Å²) in [5.74, 6) is 1.67. The maximum absolute atomic E-state index is 14.2. The molecule has 1 aliphatic heterocycles. The number of ether oxygens (including phenoxy) is 1. The Balaban J connectivity index is 1.26. The lowest BCUT2D eigenvalue weighted by Gasteiger charge is -2.36. The molecular weight excluding hydrogens is 550 g/mol. The van der Waals surface area contributed by atoms with E-state index in [0.717, 1.165) is 67.8 Å². The van der Waals surface area contributed by atoms with Gasteiger partial charge in [0.25, 0.3) is 5.91 Å². The van der Waals surface area contributed by atoms with Gasteiger partial charge in [-0.15, -0.1) is 0 Å². The molecule has 44 heavy (non-hydrogen) atoms. The zero-order valence-corrected chi connectivity index (χ0v) is 26.7. The van der Waals surface area contributed by atoms with E-state index in [0.29, 0.717) is 30.8 Å². The molecular formula is C37H47N3O4. The largest absolute Gasteiger partial charge is 0.493 e. The number of hydrogen-bond donors (Lipinski definition) is 1. The standard InChI is InChI=1S/C37H47N3O4/c1-5-26-12-15-31(36(43)40(25-37(2,3)4)34-11-6-7-18-38-34)33(21-26)39-19-16-27(17-20-39)24-44-30-10-8-9-29(22-30)32(23-35(41)42)28-13-14-28/h6-12,15,18,21-22,27-28,32H,5,13-14,16-17,19-20,23-25H2,1-4H3,(H,41,42). The van der Waals surface area contributed by atoms with Crippen molar-refractivity contribution in [3.63, 3.8) is 0 Å². The molecule has 2 aromatic carbocycles. The molecule has 1 aliphatic carbocycles. The van der Waals surface area contributed by atoms with E-state index in [1.807, 2.05) is 53.4 Å². The van der Waals surface area contributed by atoms with E-state index in [1.165, 1.54) is 5.56 Å². The molecule has 2 aliphatic rings. The van der Waals surface area contributed by atoms with Crippen LogP contribution in [0.5, 0.6) is 5.75 Å². The number of hydrogen-bond acceptors (Lipinski definition) is 5. The van der Waals surface area contributed by atoms with Gasteiger partial charge in [-0.25, -0.2) is 4.98 Å². The van der Waals surface area contributed by atoms with Gasteiger partial charge in [-0.2, -0.15) is 0 Å². The number of carbonyl (C=O) groups is 2. The van der Waals surface area contributed by atoms with E-state index >= 15 is 0 Å². The SMILES string of the molecule is CCc1ccc(C(=O)N(CC(C)(C)C)c2ccccn2)c(N2CCC(COc3cccc(C(CC(=O)O)C4CC4)c3)CC2)c1. The number of aliphatic carboxylic acids is 1. The Kier molecular flexibility index (Phi) is 9.92. The Morgan fingerprint density at radius 3 is 2.43 bits per heavy atom. The Hall–Kier alpha value is -3.87. The summed E-state index contributed by atoms with van der Waals surface area (Å²) in [5.41, 5.74) is 3.91. The average molecular weight is 598 g/mol. The van der Waals surface area contributed by atoms with Crippen molar-refractivity contribution >= 4 is 23.4 Å². The number of piperidine rings is 1. The van der Waals surface area contributed by atoms with Crippen molar-refractivity contribution in [3.8, 4) is 5.75 Å². The van der Waals surface area contributed by atoms with E-state index in [-0.39, 0.29) is 23.7 Å². The van der Waals surface area contributed by atoms with Gasteiger partial charge in [0.15, 0.2) is 0 Å². The molecule has 3 aromatic rings. The molecule has 0 spiro atoms. The highest BCUT2D eigenvalue weighted by molar-refractivity contribution is 6.09. The molecule has 1 N–H and O–H groups in total. The lowest BCUT2D eigenvalue weighted by Crippen LogP contribution is -2.40. The number of pyridine rings is 1. The topological polar surface area (TPSA) is 83.0 Å². The number of carboxylic acids is 1. The first kappa shape index (κ1) is 31.6. The highest BCUT2D eigenvalue weighted by atomic mass is 16.5. The Morgan fingerprint density at radius 1 is 1.02 bits per heavy atom. The van der Waals surface area contributed by atoms with Crippen LogP contribution in [0.25, 0.3) is 0 Å². The maximum Gasteiger partial charge on any atom is 0.303 e. The fourth-order valence-electron chi connectivity index (χ4n) is 6.26. The Morgan fingerprint density at radius 2 is 1.80 bits per heavy atom. The summed E-state index contributed by atoms with van der Waals surface area (Å²) in [7, 11) is 0. The fraction of sp³-hybridized carbons (Fsp3) is 0.486. The summed E-state index contributed by atoms with van der Waals surface area (Å²) in [4.78, 5) is 34.4. The van der Waals surface area contributed by atoms with E-state index < -0.39 is 5.97 Å². The molecule has 0 bridgehead atoms. The minimum Gasteiger partial charge on any atom is -0.493 e. The normalized spacial score (nSPS) is 16.4. The summed E-state index contributed by atoms with van der Waals surface area (Å²) < 4.78 is 6.27. The van der Waals surface area contributed by atoms with Crippen LogP contribution in [0.15, 0.2) is 66.9 Å². The van der Waals surface area contributed by atoms with Crippen molar-refractivity contribution in [1.29, 1.82) is 0 Å². The molecule has 234 valence electrons. The number of nitrogens with zero attached hydrogens (tertiary/aromatic N) is 3. The van der Waals surface area contributed by atoms with E-state index in [4.69, 9.17) is 4.74 Å². The van der Waals surface area contributed by atoms with Crippen molar-refractivity contribution in [1.82, 2.24) is 4.98 Å². The molecule has 2 fully saturated rings. The highest BCUT2D eigenvalue weighted by Crippen LogP contribution is 2.45. The molecule has 1 amide bonds. The van der Waals surface area contributed by atoms with Crippen LogP contribution in [0.1, 0.15) is 87.2 Å². The smallest absolute Gasteiger partial charge is 0.303 e. The van der Waals surface area contributed by atoms with Gasteiger partial charge in [0.05, 0.1) is 18.6 Å². The zero-order valence-electron chi connectivity index (χ0n) is 26.7. The molecule has 1 aromatic heterocycles. The first-order chi connectivity index (χ1) is 21.1. The van der Waals surface area contributed by atoms with Crippen LogP contribution in [0.4, 0.5) is 11.5 Å². The van der Waals surface area contributed by atoms with Gasteiger partial charge in [-0.3, -0.25) is 14.5 Å². The molecule has 0 radical (unpaired) electrons. The van der Waals surface area contributed by atoms with Gasteiger partial charge in [-0.1, -0.05) is 52.0 Å². The molecule has 1 unspecified atom stereocenters. The lowest BCUT2D eigenvalue weighted by molar-refractivity contribution is -0.137. The number of rotatable bonds is 12. The number of amides is 1. The molecule has 7 heteroatoms. The highest BCUT2D eigenvalue weighted by Gasteiger charge is 2.34. The zero-order chi connectivity index (χ0) is 31.3. The predicted octanol–water partition coefficient (Wildman–Crippen LogP) is 7.60. The minimum atomic E-state index is -0.743. The summed E-state index contributed by atoms with van der Waals surface area (Å²) in [5, 5.41) is 9.41. The van der Waals surface area contributed by atoms with Gasteiger partial charge in [-0.05, 0) is 103 Å². The molecule has 1 saturated heterocycles. The fourth-order valence-corrected chi connectivity index (χ4v) is 6.26. The predicted molar refractivity (Wildman–Crippen MR) is 176 cm³/mol. The second kappa shape index (κ2) is 13.8. The first-order valence-corrected chi connectivity index (χ1v) is 16.2. The van der Waals surface area contributed by atoms with Crippen molar-refractivity contribution in [3.05, 3.63) is 83.6 Å². The second-order valence-corrected chi connectivity index (χ2v) is 13.7. The first-order valence-electron chi connectivity index (χ1n) is 16.2. The number of aromatic nitrogens is 1. The summed E-state index contributed by atoms with van der Waals surface area (Å²) in [6.45, 7) is 11.5. The van der Waals surface area contributed by atoms with Gasteiger partial charge < -0.3 is 14.7 Å². The van der Waals surface area contributed by atoms with Crippen molar-refractivity contribution in [2.75, 3.05) is 36.0 Å². The number of anilines is 2. The minimum absolute atomic E-state index is 0.0194. The van der Waals surface area contributed by atoms with Crippen molar-refractivity contribution < 1.29 is 19.4 Å². The number of aryl methyl sites for hydroxylation is 1. The monoisotopic (exact) mass is 597 g/mol. The molecule has 2 heterocycles.